The summed E-state index contributed by atoms with van der Waals surface area (Å²) in [6.45, 7) is 9.18. The Labute approximate surface area is 110 Å². The fourth-order valence-corrected chi connectivity index (χ4v) is 2.46. The van der Waals surface area contributed by atoms with E-state index in [4.69, 9.17) is 4.74 Å². The lowest BCUT2D eigenvalue weighted by atomic mass is 9.94. The Balaban J connectivity index is 2.77. The molecule has 0 aliphatic carbocycles. The Bertz CT molecular complexity index is 319. The van der Waals surface area contributed by atoms with Crippen molar-refractivity contribution in [2.75, 3.05) is 0 Å². The summed E-state index contributed by atoms with van der Waals surface area (Å²) in [6, 6.07) is 0.152. The van der Waals surface area contributed by atoms with Crippen LogP contribution in [0.4, 0.5) is 4.79 Å². The molecule has 1 heterocycles. The van der Waals surface area contributed by atoms with Crippen LogP contribution in [0.1, 0.15) is 60.3 Å². The lowest BCUT2D eigenvalue weighted by Gasteiger charge is -2.40. The molecule has 0 bridgehead atoms. The molecule has 1 aliphatic rings. The molecule has 1 fully saturated rings. The van der Waals surface area contributed by atoms with Crippen molar-refractivity contribution >= 4 is 11.9 Å². The van der Waals surface area contributed by atoms with E-state index in [1.54, 1.807) is 11.8 Å². The predicted molar refractivity (Wildman–Crippen MR) is 70.5 cm³/mol. The number of ketones is 1. The molecule has 1 aliphatic heterocycles. The van der Waals surface area contributed by atoms with Crippen LogP contribution < -0.4 is 0 Å². The van der Waals surface area contributed by atoms with Gasteiger partial charge in [-0.2, -0.15) is 0 Å². The number of likely N-dealkylation sites (tertiary alicyclic amines) is 1. The molecule has 0 aromatic carbocycles. The van der Waals surface area contributed by atoms with E-state index in [-0.39, 0.29) is 24.0 Å². The SMILES string of the molecule is CC(=O)CC1CCCC(C)N1C(=O)OC(C)(C)C. The molecule has 2 atom stereocenters. The van der Waals surface area contributed by atoms with Crippen LogP contribution in [-0.4, -0.2) is 34.5 Å². The molecule has 1 amide bonds. The molecule has 4 nitrogen and oxygen atoms in total. The Kier molecular flexibility index (Phi) is 4.77. The minimum Gasteiger partial charge on any atom is -0.444 e. The number of hydrogen-bond donors (Lipinski definition) is 0. The first-order valence-electron chi connectivity index (χ1n) is 6.71. The Morgan fingerprint density at radius 2 is 1.89 bits per heavy atom. The number of hydrogen-bond acceptors (Lipinski definition) is 3. The molecule has 0 N–H and O–H groups in total. The number of carbonyl (C=O) groups is 2. The van der Waals surface area contributed by atoms with Gasteiger partial charge in [-0.3, -0.25) is 4.79 Å². The van der Waals surface area contributed by atoms with Crippen LogP contribution in [0, 0.1) is 0 Å². The second-order valence-corrected chi connectivity index (χ2v) is 6.23. The summed E-state index contributed by atoms with van der Waals surface area (Å²) in [5.74, 6) is 0.127. The van der Waals surface area contributed by atoms with Crippen molar-refractivity contribution < 1.29 is 14.3 Å². The van der Waals surface area contributed by atoms with Gasteiger partial charge < -0.3 is 9.64 Å². The molecule has 1 saturated heterocycles. The zero-order chi connectivity index (χ0) is 13.9. The summed E-state index contributed by atoms with van der Waals surface area (Å²) in [5, 5.41) is 0. The third-order valence-electron chi connectivity index (χ3n) is 3.15. The van der Waals surface area contributed by atoms with Gasteiger partial charge in [0.25, 0.3) is 0 Å². The first kappa shape index (κ1) is 15.0. The molecule has 104 valence electrons. The zero-order valence-corrected chi connectivity index (χ0v) is 12.2. The lowest BCUT2D eigenvalue weighted by molar-refractivity contribution is -0.118. The zero-order valence-electron chi connectivity index (χ0n) is 12.2. The van der Waals surface area contributed by atoms with E-state index in [1.165, 1.54) is 0 Å². The molecular weight excluding hydrogens is 230 g/mol. The van der Waals surface area contributed by atoms with Crippen LogP contribution >= 0.6 is 0 Å². The standard InChI is InChI=1S/C14H25NO3/c1-10-7-6-8-12(9-11(2)16)15(10)13(17)18-14(3,4)5/h10,12H,6-9H2,1-5H3. The topological polar surface area (TPSA) is 46.6 Å². The maximum atomic E-state index is 12.2. The Morgan fingerprint density at radius 1 is 1.28 bits per heavy atom. The first-order valence-corrected chi connectivity index (χ1v) is 6.71. The van der Waals surface area contributed by atoms with Crippen molar-refractivity contribution in [1.29, 1.82) is 0 Å². The number of Topliss-reactive ketones (excluding diaryl/α,β-unsaturated/α-hetero) is 1. The normalized spacial score (nSPS) is 24.8. The van der Waals surface area contributed by atoms with Crippen molar-refractivity contribution in [1.82, 2.24) is 4.90 Å². The maximum absolute atomic E-state index is 12.2. The number of carbonyl (C=O) groups excluding carboxylic acids is 2. The maximum Gasteiger partial charge on any atom is 0.410 e. The first-order chi connectivity index (χ1) is 8.20. The molecular formula is C14H25NO3. The molecule has 0 saturated carbocycles. The van der Waals surface area contributed by atoms with E-state index in [1.807, 2.05) is 27.7 Å². The highest BCUT2D eigenvalue weighted by molar-refractivity contribution is 5.77. The molecule has 0 spiro atoms. The van der Waals surface area contributed by atoms with Gasteiger partial charge in [-0.25, -0.2) is 4.79 Å². The van der Waals surface area contributed by atoms with E-state index >= 15 is 0 Å². The van der Waals surface area contributed by atoms with Crippen molar-refractivity contribution in [2.24, 2.45) is 0 Å². The van der Waals surface area contributed by atoms with Gasteiger partial charge in [0.1, 0.15) is 11.4 Å². The molecule has 0 radical (unpaired) electrons. The molecule has 1 rings (SSSR count). The molecule has 4 heteroatoms. The van der Waals surface area contributed by atoms with Crippen LogP contribution in [0.5, 0.6) is 0 Å². The van der Waals surface area contributed by atoms with Crippen LogP contribution in [0.2, 0.25) is 0 Å². The third-order valence-corrected chi connectivity index (χ3v) is 3.15. The van der Waals surface area contributed by atoms with E-state index in [2.05, 4.69) is 0 Å². The smallest absolute Gasteiger partial charge is 0.410 e. The predicted octanol–water partition coefficient (Wildman–Crippen LogP) is 3.14. The minimum atomic E-state index is -0.491. The van der Waals surface area contributed by atoms with Crippen molar-refractivity contribution in [2.45, 2.75) is 78.0 Å². The van der Waals surface area contributed by atoms with Gasteiger partial charge >= 0.3 is 6.09 Å². The lowest BCUT2D eigenvalue weighted by Crippen LogP contribution is -2.51. The third kappa shape index (κ3) is 4.31. The second-order valence-electron chi connectivity index (χ2n) is 6.23. The summed E-state index contributed by atoms with van der Waals surface area (Å²) in [6.07, 6.45) is 3.08. The van der Waals surface area contributed by atoms with E-state index in [9.17, 15) is 9.59 Å². The molecule has 2 unspecified atom stereocenters. The van der Waals surface area contributed by atoms with E-state index < -0.39 is 5.60 Å². The Hall–Kier alpha value is -1.06. The molecule has 0 aromatic heterocycles. The van der Waals surface area contributed by atoms with E-state index in [0.29, 0.717) is 6.42 Å². The van der Waals surface area contributed by atoms with Crippen LogP contribution in [0.25, 0.3) is 0 Å². The average Bonchev–Trinajstić information content (AvgIpc) is 2.13. The van der Waals surface area contributed by atoms with Crippen LogP contribution in [-0.2, 0) is 9.53 Å². The van der Waals surface area contributed by atoms with Gasteiger partial charge in [0.2, 0.25) is 0 Å². The van der Waals surface area contributed by atoms with Crippen molar-refractivity contribution in [3.05, 3.63) is 0 Å². The van der Waals surface area contributed by atoms with Gasteiger partial charge in [-0.1, -0.05) is 0 Å². The summed E-state index contributed by atoms with van der Waals surface area (Å²) in [5.41, 5.74) is -0.491. The average molecular weight is 255 g/mol. The Morgan fingerprint density at radius 3 is 2.39 bits per heavy atom. The van der Waals surface area contributed by atoms with Crippen molar-refractivity contribution in [3.8, 4) is 0 Å². The highest BCUT2D eigenvalue weighted by atomic mass is 16.6. The van der Waals surface area contributed by atoms with E-state index in [0.717, 1.165) is 19.3 Å². The summed E-state index contributed by atoms with van der Waals surface area (Å²) >= 11 is 0. The van der Waals surface area contributed by atoms with Crippen molar-refractivity contribution in [3.63, 3.8) is 0 Å². The second kappa shape index (κ2) is 5.72. The number of ether oxygens (including phenoxy) is 1. The number of rotatable bonds is 2. The van der Waals surface area contributed by atoms with Gasteiger partial charge in [0.15, 0.2) is 0 Å². The molecule has 0 aromatic rings. The number of nitrogens with zero attached hydrogens (tertiary/aromatic N) is 1. The van der Waals surface area contributed by atoms with Gasteiger partial charge in [-0.05, 0) is 53.9 Å². The number of amides is 1. The number of piperidine rings is 1. The fourth-order valence-electron chi connectivity index (χ4n) is 2.46. The van der Waals surface area contributed by atoms with Crippen LogP contribution in [0.3, 0.4) is 0 Å². The summed E-state index contributed by atoms with van der Waals surface area (Å²) in [4.78, 5) is 25.3. The molecule has 18 heavy (non-hydrogen) atoms. The highest BCUT2D eigenvalue weighted by Crippen LogP contribution is 2.27. The summed E-state index contributed by atoms with van der Waals surface area (Å²) in [7, 11) is 0. The highest BCUT2D eigenvalue weighted by Gasteiger charge is 2.35. The van der Waals surface area contributed by atoms with Gasteiger partial charge in [0, 0.05) is 18.5 Å². The van der Waals surface area contributed by atoms with Gasteiger partial charge in [0.05, 0.1) is 0 Å². The minimum absolute atomic E-state index is 0.00102. The van der Waals surface area contributed by atoms with Gasteiger partial charge in [-0.15, -0.1) is 0 Å². The quantitative estimate of drug-likeness (QED) is 0.761. The summed E-state index contributed by atoms with van der Waals surface area (Å²) < 4.78 is 5.44. The largest absolute Gasteiger partial charge is 0.444 e. The fraction of sp³-hybridized carbons (Fsp3) is 0.857. The van der Waals surface area contributed by atoms with Crippen LogP contribution in [0.15, 0.2) is 0 Å². The monoisotopic (exact) mass is 255 g/mol.